The van der Waals surface area contributed by atoms with Gasteiger partial charge in [0.25, 0.3) is 0 Å². The van der Waals surface area contributed by atoms with E-state index in [1.807, 2.05) is 30.3 Å². The van der Waals surface area contributed by atoms with Gasteiger partial charge in [-0.25, -0.2) is 18.3 Å². The second-order valence-electron chi connectivity index (χ2n) is 8.53. The second-order valence-corrected chi connectivity index (χ2v) is 9.32. The highest BCUT2D eigenvalue weighted by Gasteiger charge is 2.35. The molecule has 2 heterocycles. The largest absolute Gasteiger partial charge is 0.383 e. The number of nitrogens with one attached hydrogen (secondary N) is 2. The van der Waals surface area contributed by atoms with Gasteiger partial charge in [0.05, 0.1) is 29.4 Å². The summed E-state index contributed by atoms with van der Waals surface area (Å²) in [5, 5.41) is 10.5. The van der Waals surface area contributed by atoms with E-state index in [9.17, 15) is 13.6 Å². The molecular weight excluding hydrogens is 536 g/mol. The maximum atomic E-state index is 14.0. The van der Waals surface area contributed by atoms with Crippen LogP contribution in [0, 0.1) is 11.6 Å². The zero-order valence-corrected chi connectivity index (χ0v) is 21.6. The van der Waals surface area contributed by atoms with Crippen LogP contribution in [0.4, 0.5) is 19.4 Å². The van der Waals surface area contributed by atoms with Gasteiger partial charge in [0.1, 0.15) is 5.69 Å². The van der Waals surface area contributed by atoms with Gasteiger partial charge in [-0.2, -0.15) is 5.10 Å². The van der Waals surface area contributed by atoms with Crippen LogP contribution < -0.4 is 10.6 Å². The van der Waals surface area contributed by atoms with Crippen molar-refractivity contribution in [3.05, 3.63) is 75.9 Å². The predicted molar refractivity (Wildman–Crippen MR) is 135 cm³/mol. The maximum absolute atomic E-state index is 14.0. The van der Waals surface area contributed by atoms with Gasteiger partial charge in [0.15, 0.2) is 17.5 Å². The number of benzene rings is 2. The summed E-state index contributed by atoms with van der Waals surface area (Å²) in [5.74, 6) is -1.59. The van der Waals surface area contributed by atoms with Crippen molar-refractivity contribution in [3.8, 4) is 5.69 Å². The second kappa shape index (κ2) is 11.9. The molecule has 2 N–H and O–H groups in total. The van der Waals surface area contributed by atoms with E-state index in [4.69, 9.17) is 9.47 Å². The Morgan fingerprint density at radius 2 is 1.89 bits per heavy atom. The Morgan fingerprint density at radius 3 is 2.58 bits per heavy atom. The van der Waals surface area contributed by atoms with Crippen LogP contribution in [0.1, 0.15) is 17.2 Å². The van der Waals surface area contributed by atoms with Crippen LogP contribution in [0.15, 0.2) is 53.0 Å². The Labute approximate surface area is 216 Å². The van der Waals surface area contributed by atoms with E-state index in [2.05, 4.69) is 36.6 Å². The number of rotatable bonds is 9. The fraction of sp³-hybridized carbons (Fsp3) is 0.360. The molecule has 2 aromatic carbocycles. The Bertz CT molecular complexity index is 1190. The molecule has 0 spiro atoms. The van der Waals surface area contributed by atoms with Crippen LogP contribution in [0.2, 0.25) is 0 Å². The van der Waals surface area contributed by atoms with E-state index in [0.29, 0.717) is 47.8 Å². The molecule has 8 nitrogen and oxygen atoms in total. The van der Waals surface area contributed by atoms with Crippen molar-refractivity contribution in [2.45, 2.75) is 18.6 Å². The molecule has 3 aromatic rings. The number of ether oxygens (including phenoxy) is 2. The van der Waals surface area contributed by atoms with Crippen LogP contribution in [0.5, 0.6) is 0 Å². The number of likely N-dealkylation sites (tertiary alicyclic amines) is 1. The molecule has 0 aliphatic carbocycles. The minimum atomic E-state index is -0.910. The Balaban J connectivity index is 1.56. The summed E-state index contributed by atoms with van der Waals surface area (Å²) in [6, 6.07) is 12.5. The van der Waals surface area contributed by atoms with Crippen molar-refractivity contribution in [2.24, 2.45) is 0 Å². The number of halogens is 3. The lowest BCUT2D eigenvalue weighted by Gasteiger charge is -2.21. The minimum absolute atomic E-state index is 0.228. The van der Waals surface area contributed by atoms with Crippen LogP contribution in [0.3, 0.4) is 0 Å². The zero-order chi connectivity index (χ0) is 25.7. The Hall–Kier alpha value is -2.86. The molecule has 11 heteroatoms. The van der Waals surface area contributed by atoms with E-state index in [1.54, 1.807) is 25.0 Å². The molecule has 1 aromatic heterocycles. The number of carbonyl (C=O) groups excluding carboxylic acids is 1. The molecule has 0 unspecified atom stereocenters. The van der Waals surface area contributed by atoms with Crippen LogP contribution in [-0.2, 0) is 16.1 Å². The maximum Gasteiger partial charge on any atom is 0.320 e. The highest BCUT2D eigenvalue weighted by atomic mass is 79.9. The summed E-state index contributed by atoms with van der Waals surface area (Å²) in [7, 11) is 3.19. The Kier molecular flexibility index (Phi) is 8.68. The first kappa shape index (κ1) is 26.2. The topological polar surface area (TPSA) is 80.7 Å². The SMILES string of the molecule is COCCN1C[C@@H](NC(=O)Nc2c(Br)c(COC)nn2-c2ccccc2)[C@H](c2ccc(F)c(F)c2)C1. The van der Waals surface area contributed by atoms with E-state index in [-0.39, 0.29) is 18.6 Å². The number of amides is 2. The number of urea groups is 1. The molecule has 0 radical (unpaired) electrons. The third kappa shape index (κ3) is 5.92. The number of methoxy groups -OCH3 is 2. The van der Waals surface area contributed by atoms with E-state index < -0.39 is 17.7 Å². The van der Waals surface area contributed by atoms with Gasteiger partial charge in [-0.1, -0.05) is 24.3 Å². The van der Waals surface area contributed by atoms with Gasteiger partial charge in [-0.15, -0.1) is 0 Å². The van der Waals surface area contributed by atoms with Crippen molar-refractivity contribution in [3.63, 3.8) is 0 Å². The Morgan fingerprint density at radius 1 is 1.11 bits per heavy atom. The van der Waals surface area contributed by atoms with Gasteiger partial charge < -0.3 is 14.8 Å². The third-order valence-corrected chi connectivity index (χ3v) is 6.94. The summed E-state index contributed by atoms with van der Waals surface area (Å²) in [5.41, 5.74) is 2.02. The molecule has 1 fully saturated rings. The van der Waals surface area contributed by atoms with E-state index in [1.165, 1.54) is 6.07 Å². The number of hydrogen-bond acceptors (Lipinski definition) is 5. The molecule has 1 aliphatic heterocycles. The lowest BCUT2D eigenvalue weighted by molar-refractivity contribution is 0.159. The van der Waals surface area contributed by atoms with Crippen molar-refractivity contribution >= 4 is 27.8 Å². The first-order valence-electron chi connectivity index (χ1n) is 11.5. The van der Waals surface area contributed by atoms with Crippen LogP contribution in [0.25, 0.3) is 5.69 Å². The summed E-state index contributed by atoms with van der Waals surface area (Å²) < 4.78 is 40.2. The number of carbonyl (C=O) groups is 1. The lowest BCUT2D eigenvalue weighted by Crippen LogP contribution is -2.42. The molecule has 192 valence electrons. The van der Waals surface area contributed by atoms with Gasteiger partial charge in [-0.3, -0.25) is 10.2 Å². The zero-order valence-electron chi connectivity index (χ0n) is 20.0. The number of hydrogen-bond donors (Lipinski definition) is 2. The number of nitrogens with zero attached hydrogens (tertiary/aromatic N) is 3. The predicted octanol–water partition coefficient (Wildman–Crippen LogP) is 4.30. The third-order valence-electron chi connectivity index (χ3n) is 6.10. The van der Waals surface area contributed by atoms with Gasteiger partial charge >= 0.3 is 6.03 Å². The normalized spacial score (nSPS) is 17.9. The first-order valence-corrected chi connectivity index (χ1v) is 12.3. The molecule has 1 aliphatic rings. The van der Waals surface area contributed by atoms with Gasteiger partial charge in [0, 0.05) is 39.8 Å². The number of anilines is 1. The molecule has 2 atom stereocenters. The van der Waals surface area contributed by atoms with Crippen LogP contribution in [-0.4, -0.2) is 67.2 Å². The molecule has 0 saturated carbocycles. The van der Waals surface area contributed by atoms with Crippen molar-refractivity contribution in [2.75, 3.05) is 45.8 Å². The molecular formula is C25H28BrF2N5O3. The number of aromatic nitrogens is 2. The van der Waals surface area contributed by atoms with E-state index >= 15 is 0 Å². The quantitative estimate of drug-likeness (QED) is 0.406. The first-order chi connectivity index (χ1) is 17.4. The monoisotopic (exact) mass is 563 g/mol. The van der Waals surface area contributed by atoms with Gasteiger partial charge in [0.2, 0.25) is 0 Å². The fourth-order valence-corrected chi connectivity index (χ4v) is 4.83. The summed E-state index contributed by atoms with van der Waals surface area (Å²) >= 11 is 3.54. The molecule has 4 rings (SSSR count). The number of para-hydroxylation sites is 1. The van der Waals surface area contributed by atoms with Crippen LogP contribution >= 0.6 is 15.9 Å². The summed E-state index contributed by atoms with van der Waals surface area (Å²) in [6.45, 7) is 2.54. The smallest absolute Gasteiger partial charge is 0.320 e. The molecule has 1 saturated heterocycles. The molecule has 0 bridgehead atoms. The van der Waals surface area contributed by atoms with Crippen molar-refractivity contribution in [1.82, 2.24) is 20.0 Å². The van der Waals surface area contributed by atoms with Gasteiger partial charge in [-0.05, 0) is 45.8 Å². The minimum Gasteiger partial charge on any atom is -0.383 e. The van der Waals surface area contributed by atoms with E-state index in [0.717, 1.165) is 11.8 Å². The highest BCUT2D eigenvalue weighted by molar-refractivity contribution is 9.10. The van der Waals surface area contributed by atoms with Crippen molar-refractivity contribution < 1.29 is 23.0 Å². The van der Waals surface area contributed by atoms with Crippen molar-refractivity contribution in [1.29, 1.82) is 0 Å². The lowest BCUT2D eigenvalue weighted by atomic mass is 9.94. The molecule has 36 heavy (non-hydrogen) atoms. The molecule has 2 amide bonds. The fourth-order valence-electron chi connectivity index (χ4n) is 4.36. The summed E-state index contributed by atoms with van der Waals surface area (Å²) in [4.78, 5) is 15.3. The standard InChI is InChI=1S/C25H28BrF2N5O3/c1-35-11-10-32-13-18(16-8-9-19(27)20(28)12-16)21(14-32)29-25(34)30-24-23(26)22(15-36-2)31-33(24)17-6-4-3-5-7-17/h3-9,12,18,21H,10-11,13-15H2,1-2H3,(H2,29,30,34)/t18-,21+/m0/s1. The summed E-state index contributed by atoms with van der Waals surface area (Å²) in [6.07, 6.45) is 0. The average molecular weight is 564 g/mol. The highest BCUT2D eigenvalue weighted by Crippen LogP contribution is 2.31. The average Bonchev–Trinajstić information content (AvgIpc) is 3.41.